The minimum Gasteiger partial charge on any atom is -0.469 e. The second kappa shape index (κ2) is 12.0. The van der Waals surface area contributed by atoms with E-state index in [9.17, 15) is 14.4 Å². The molecule has 28 heavy (non-hydrogen) atoms. The van der Waals surface area contributed by atoms with Crippen LogP contribution >= 0.6 is 0 Å². The highest BCUT2D eigenvalue weighted by atomic mass is 16.5. The molecule has 0 spiro atoms. The van der Waals surface area contributed by atoms with Gasteiger partial charge in [0.05, 0.1) is 7.11 Å². The molecule has 0 saturated heterocycles. The number of methoxy groups -OCH3 is 1. The van der Waals surface area contributed by atoms with E-state index in [0.717, 1.165) is 25.7 Å². The van der Waals surface area contributed by atoms with Crippen LogP contribution < -0.4 is 0 Å². The molecule has 4 nitrogen and oxygen atoms in total. The first-order valence-electron chi connectivity index (χ1n) is 11.0. The lowest BCUT2D eigenvalue weighted by molar-refractivity contribution is -0.140. The van der Waals surface area contributed by atoms with Crippen molar-refractivity contribution < 1.29 is 19.1 Å². The summed E-state index contributed by atoms with van der Waals surface area (Å²) in [7, 11) is 1.41. The molecule has 2 aliphatic carbocycles. The molecule has 4 atom stereocenters. The molecular formula is C24H36O4. The van der Waals surface area contributed by atoms with Gasteiger partial charge in [0.1, 0.15) is 11.6 Å². The molecule has 2 fully saturated rings. The van der Waals surface area contributed by atoms with Crippen LogP contribution in [0, 0.1) is 23.7 Å². The van der Waals surface area contributed by atoms with Gasteiger partial charge in [0.15, 0.2) is 0 Å². The summed E-state index contributed by atoms with van der Waals surface area (Å²) in [5.41, 5.74) is 0. The molecule has 2 saturated carbocycles. The summed E-state index contributed by atoms with van der Waals surface area (Å²) in [4.78, 5) is 35.9. The molecule has 156 valence electrons. The van der Waals surface area contributed by atoms with Crippen molar-refractivity contribution in [3.8, 4) is 0 Å². The monoisotopic (exact) mass is 388 g/mol. The molecular weight excluding hydrogens is 352 g/mol. The standard InChI is InChI=1S/C24H36O4/c1-3-4-5-6-9-12-18-15-20(25)16-19-17-22(26)21(24(18)19)13-10-7-8-11-14-23(27)28-2/h7,9-10,12,18-19,21,24H,3-6,8,11,13-17H2,1-2H3/b10-7+,12-9-/t18-,19-,21?,24?/m1/s1. The van der Waals surface area contributed by atoms with Crippen LogP contribution in [0.4, 0.5) is 0 Å². The van der Waals surface area contributed by atoms with E-state index >= 15 is 0 Å². The van der Waals surface area contributed by atoms with E-state index in [4.69, 9.17) is 0 Å². The fourth-order valence-electron chi connectivity index (χ4n) is 4.82. The summed E-state index contributed by atoms with van der Waals surface area (Å²) < 4.78 is 4.64. The van der Waals surface area contributed by atoms with Crippen molar-refractivity contribution >= 4 is 17.5 Å². The van der Waals surface area contributed by atoms with Crippen molar-refractivity contribution in [2.24, 2.45) is 23.7 Å². The van der Waals surface area contributed by atoms with E-state index in [1.807, 2.05) is 0 Å². The average molecular weight is 389 g/mol. The van der Waals surface area contributed by atoms with E-state index in [0.29, 0.717) is 43.2 Å². The predicted octanol–water partition coefficient (Wildman–Crippen LogP) is 5.21. The molecule has 0 aromatic rings. The van der Waals surface area contributed by atoms with Crippen molar-refractivity contribution in [1.82, 2.24) is 0 Å². The molecule has 0 aromatic heterocycles. The van der Waals surface area contributed by atoms with E-state index in [-0.39, 0.29) is 23.7 Å². The molecule has 4 heteroatoms. The minimum atomic E-state index is -0.178. The third kappa shape index (κ3) is 6.72. The predicted molar refractivity (Wildman–Crippen MR) is 111 cm³/mol. The highest BCUT2D eigenvalue weighted by molar-refractivity contribution is 5.88. The first-order chi connectivity index (χ1) is 13.6. The number of rotatable bonds is 11. The zero-order valence-corrected chi connectivity index (χ0v) is 17.5. The maximum Gasteiger partial charge on any atom is 0.305 e. The van der Waals surface area contributed by atoms with Crippen LogP contribution in [-0.2, 0) is 19.1 Å². The van der Waals surface area contributed by atoms with Gasteiger partial charge in [-0.05, 0) is 49.9 Å². The van der Waals surface area contributed by atoms with Gasteiger partial charge in [-0.1, -0.05) is 44.1 Å². The van der Waals surface area contributed by atoms with E-state index in [2.05, 4.69) is 36.0 Å². The molecule has 2 unspecified atom stereocenters. The van der Waals surface area contributed by atoms with E-state index in [1.165, 1.54) is 26.4 Å². The molecule has 0 aromatic carbocycles. The summed E-state index contributed by atoms with van der Waals surface area (Å²) in [5.74, 6) is 1.27. The number of ketones is 2. The Morgan fingerprint density at radius 1 is 1.04 bits per heavy atom. The first-order valence-corrected chi connectivity index (χ1v) is 11.0. The highest BCUT2D eigenvalue weighted by Gasteiger charge is 2.48. The number of esters is 1. The minimum absolute atomic E-state index is 0.0419. The molecule has 0 N–H and O–H groups in total. The summed E-state index contributed by atoms with van der Waals surface area (Å²) in [6.07, 6.45) is 17.9. The largest absolute Gasteiger partial charge is 0.469 e. The van der Waals surface area contributed by atoms with E-state index < -0.39 is 0 Å². The third-order valence-corrected chi connectivity index (χ3v) is 6.23. The molecule has 2 aliphatic rings. The van der Waals surface area contributed by atoms with Crippen molar-refractivity contribution in [3.63, 3.8) is 0 Å². The first kappa shape index (κ1) is 22.6. The van der Waals surface area contributed by atoms with Crippen molar-refractivity contribution in [1.29, 1.82) is 0 Å². The number of Topliss-reactive ketones (excluding diaryl/α,β-unsaturated/α-hetero) is 2. The maximum atomic E-state index is 12.6. The van der Waals surface area contributed by atoms with Crippen LogP contribution in [0.3, 0.4) is 0 Å². The summed E-state index contributed by atoms with van der Waals surface area (Å²) in [6.45, 7) is 2.20. The number of unbranched alkanes of at least 4 members (excludes halogenated alkanes) is 4. The zero-order chi connectivity index (χ0) is 20.4. The topological polar surface area (TPSA) is 60.4 Å². The van der Waals surface area contributed by atoms with Gasteiger partial charge in [-0.25, -0.2) is 0 Å². The quantitative estimate of drug-likeness (QED) is 0.277. The zero-order valence-electron chi connectivity index (χ0n) is 17.5. The van der Waals surface area contributed by atoms with Gasteiger partial charge >= 0.3 is 5.97 Å². The van der Waals surface area contributed by atoms with Crippen LogP contribution in [0.15, 0.2) is 24.3 Å². The second-order valence-corrected chi connectivity index (χ2v) is 8.32. The molecule has 2 rings (SSSR count). The van der Waals surface area contributed by atoms with Crippen LogP contribution in [0.2, 0.25) is 0 Å². The Hall–Kier alpha value is -1.71. The van der Waals surface area contributed by atoms with Crippen LogP contribution in [-0.4, -0.2) is 24.6 Å². The number of ether oxygens (including phenoxy) is 1. The Kier molecular flexibility index (Phi) is 9.66. The lowest BCUT2D eigenvalue weighted by atomic mass is 9.69. The van der Waals surface area contributed by atoms with Gasteiger partial charge in [0.2, 0.25) is 0 Å². The van der Waals surface area contributed by atoms with Gasteiger partial charge in [0, 0.05) is 31.6 Å². The third-order valence-electron chi connectivity index (χ3n) is 6.23. The Morgan fingerprint density at radius 3 is 2.57 bits per heavy atom. The van der Waals surface area contributed by atoms with Crippen molar-refractivity contribution in [2.75, 3.05) is 7.11 Å². The number of allylic oxidation sites excluding steroid dienone is 4. The Balaban J connectivity index is 1.90. The number of fused-ring (bicyclic) bond motifs is 1. The van der Waals surface area contributed by atoms with Crippen molar-refractivity contribution in [2.45, 2.75) is 77.6 Å². The number of carbonyl (C=O) groups is 3. The normalized spacial score (nSPS) is 27.6. The number of carbonyl (C=O) groups excluding carboxylic acids is 3. The molecule has 0 amide bonds. The molecule has 0 bridgehead atoms. The average Bonchev–Trinajstić information content (AvgIpc) is 2.98. The van der Waals surface area contributed by atoms with Gasteiger partial charge in [-0.2, -0.15) is 0 Å². The summed E-state index contributed by atoms with van der Waals surface area (Å²) in [6, 6.07) is 0. The van der Waals surface area contributed by atoms with Gasteiger partial charge < -0.3 is 4.74 Å². The van der Waals surface area contributed by atoms with E-state index in [1.54, 1.807) is 0 Å². The summed E-state index contributed by atoms with van der Waals surface area (Å²) >= 11 is 0. The molecule has 0 aliphatic heterocycles. The second-order valence-electron chi connectivity index (χ2n) is 8.32. The van der Waals surface area contributed by atoms with Gasteiger partial charge in [0.25, 0.3) is 0 Å². The molecule has 0 radical (unpaired) electrons. The number of hydrogen-bond acceptors (Lipinski definition) is 4. The fraction of sp³-hybridized carbons (Fsp3) is 0.708. The van der Waals surface area contributed by atoms with Crippen molar-refractivity contribution in [3.05, 3.63) is 24.3 Å². The SMILES string of the molecule is CCCCC/C=C\[C@@H]1CC(=O)C[C@@H]2CC(=O)C(C/C=C/CCCC(=O)OC)C21. The Morgan fingerprint density at radius 2 is 1.82 bits per heavy atom. The van der Waals surface area contributed by atoms with Gasteiger partial charge in [-0.15, -0.1) is 0 Å². The van der Waals surface area contributed by atoms with Crippen LogP contribution in [0.1, 0.15) is 77.6 Å². The Labute approximate surface area is 169 Å². The highest BCUT2D eigenvalue weighted by Crippen LogP contribution is 2.48. The number of hydrogen-bond donors (Lipinski definition) is 0. The van der Waals surface area contributed by atoms with Gasteiger partial charge in [-0.3, -0.25) is 14.4 Å². The summed E-state index contributed by atoms with van der Waals surface area (Å²) in [5, 5.41) is 0. The lowest BCUT2D eigenvalue weighted by Gasteiger charge is -2.34. The fourth-order valence-corrected chi connectivity index (χ4v) is 4.82. The van der Waals surface area contributed by atoms with Crippen LogP contribution in [0.25, 0.3) is 0 Å². The van der Waals surface area contributed by atoms with Crippen LogP contribution in [0.5, 0.6) is 0 Å². The molecule has 0 heterocycles. The Bertz CT molecular complexity index is 589. The smallest absolute Gasteiger partial charge is 0.305 e. The maximum absolute atomic E-state index is 12.6. The lowest BCUT2D eigenvalue weighted by Crippen LogP contribution is -2.32.